The van der Waals surface area contributed by atoms with Crippen LogP contribution in [0, 0.1) is 0 Å². The minimum atomic E-state index is 0.0459. The highest BCUT2D eigenvalue weighted by Crippen LogP contribution is 2.21. The average molecular weight is 343 g/mol. The minimum Gasteiger partial charge on any atom is -0.336 e. The zero-order valence-corrected chi connectivity index (χ0v) is 14.7. The molecule has 0 spiro atoms. The predicted molar refractivity (Wildman–Crippen MR) is 102 cm³/mol. The summed E-state index contributed by atoms with van der Waals surface area (Å²) in [6.45, 7) is 0.761. The summed E-state index contributed by atoms with van der Waals surface area (Å²) in [5.74, 6) is 1.01. The number of aryl methyl sites for hydroxylation is 1. The number of imidazole rings is 2. The van der Waals surface area contributed by atoms with Crippen LogP contribution in [0.2, 0.25) is 0 Å². The van der Waals surface area contributed by atoms with Crippen molar-refractivity contribution in [1.82, 2.24) is 24.4 Å². The Bertz CT molecular complexity index is 940. The van der Waals surface area contributed by atoms with Crippen molar-refractivity contribution in [2.75, 3.05) is 0 Å². The lowest BCUT2D eigenvalue weighted by Gasteiger charge is -2.19. The quantitative estimate of drug-likeness (QED) is 0.583. The largest absolute Gasteiger partial charge is 0.336 e. The number of hydrogen-bond donors (Lipinski definition) is 1. The maximum absolute atomic E-state index is 4.54. The van der Waals surface area contributed by atoms with E-state index in [1.807, 2.05) is 36.3 Å². The van der Waals surface area contributed by atoms with Gasteiger partial charge >= 0.3 is 0 Å². The van der Waals surface area contributed by atoms with E-state index in [0.717, 1.165) is 18.1 Å². The minimum absolute atomic E-state index is 0.0459. The molecule has 5 heteroatoms. The van der Waals surface area contributed by atoms with Gasteiger partial charge in [-0.25, -0.2) is 9.97 Å². The van der Waals surface area contributed by atoms with Crippen molar-refractivity contribution < 1.29 is 0 Å². The molecule has 4 rings (SSSR count). The molecule has 0 aliphatic heterocycles. The molecule has 0 radical (unpaired) electrons. The molecule has 2 aromatic heterocycles. The fraction of sp³-hybridized carbons (Fsp3) is 0.143. The summed E-state index contributed by atoms with van der Waals surface area (Å²) in [7, 11) is 2.03. The van der Waals surface area contributed by atoms with Gasteiger partial charge in [0.2, 0.25) is 0 Å². The molecule has 5 nitrogen and oxygen atoms in total. The molecule has 26 heavy (non-hydrogen) atoms. The van der Waals surface area contributed by atoms with Crippen molar-refractivity contribution in [3.05, 3.63) is 103 Å². The number of nitrogens with zero attached hydrogens (tertiary/aromatic N) is 4. The van der Waals surface area contributed by atoms with Gasteiger partial charge in [0.15, 0.2) is 0 Å². The van der Waals surface area contributed by atoms with Crippen molar-refractivity contribution in [2.45, 2.75) is 12.6 Å². The summed E-state index contributed by atoms with van der Waals surface area (Å²) in [5, 5.41) is 3.65. The van der Waals surface area contributed by atoms with E-state index in [2.05, 4.69) is 68.4 Å². The summed E-state index contributed by atoms with van der Waals surface area (Å²) in [4.78, 5) is 8.63. The number of benzene rings is 2. The smallest absolute Gasteiger partial charge is 0.130 e. The lowest BCUT2D eigenvalue weighted by atomic mass is 10.1. The monoisotopic (exact) mass is 343 g/mol. The van der Waals surface area contributed by atoms with Crippen molar-refractivity contribution in [1.29, 1.82) is 0 Å². The maximum atomic E-state index is 4.54. The fourth-order valence-electron chi connectivity index (χ4n) is 3.08. The van der Waals surface area contributed by atoms with E-state index in [-0.39, 0.29) is 6.04 Å². The molecule has 0 fully saturated rings. The molecule has 2 heterocycles. The van der Waals surface area contributed by atoms with E-state index in [4.69, 9.17) is 0 Å². The third-order valence-corrected chi connectivity index (χ3v) is 4.50. The second-order valence-electron chi connectivity index (χ2n) is 6.26. The van der Waals surface area contributed by atoms with Crippen molar-refractivity contribution in [2.24, 2.45) is 7.05 Å². The van der Waals surface area contributed by atoms with Crippen LogP contribution in [0.5, 0.6) is 0 Å². The van der Waals surface area contributed by atoms with Gasteiger partial charge in [0.1, 0.15) is 5.82 Å². The van der Waals surface area contributed by atoms with Crippen LogP contribution in [-0.2, 0) is 13.6 Å². The molecule has 0 bridgehead atoms. The molecule has 0 saturated heterocycles. The molecule has 0 amide bonds. The Morgan fingerprint density at radius 1 is 0.962 bits per heavy atom. The zero-order valence-electron chi connectivity index (χ0n) is 14.7. The molecule has 4 aromatic rings. The summed E-state index contributed by atoms with van der Waals surface area (Å²) in [6, 6.07) is 19.0. The first-order valence-electron chi connectivity index (χ1n) is 8.64. The van der Waals surface area contributed by atoms with Crippen molar-refractivity contribution >= 4 is 0 Å². The summed E-state index contributed by atoms with van der Waals surface area (Å²) < 4.78 is 4.06. The highest BCUT2D eigenvalue weighted by Gasteiger charge is 2.17. The van der Waals surface area contributed by atoms with Crippen LogP contribution >= 0.6 is 0 Å². The Hall–Kier alpha value is -3.18. The van der Waals surface area contributed by atoms with Crippen molar-refractivity contribution in [3.8, 4) is 5.69 Å². The maximum Gasteiger partial charge on any atom is 0.130 e. The third kappa shape index (κ3) is 3.43. The van der Waals surface area contributed by atoms with Crippen LogP contribution in [0.4, 0.5) is 0 Å². The summed E-state index contributed by atoms with van der Waals surface area (Å²) in [5.41, 5.74) is 3.54. The van der Waals surface area contributed by atoms with Crippen LogP contribution in [0.1, 0.15) is 23.0 Å². The van der Waals surface area contributed by atoms with E-state index in [0.29, 0.717) is 0 Å². The number of aromatic nitrogens is 4. The van der Waals surface area contributed by atoms with E-state index in [1.54, 1.807) is 12.5 Å². The highest BCUT2D eigenvalue weighted by molar-refractivity contribution is 5.35. The van der Waals surface area contributed by atoms with Crippen LogP contribution in [0.3, 0.4) is 0 Å². The Labute approximate surface area is 153 Å². The molecule has 130 valence electrons. The number of hydrogen-bond acceptors (Lipinski definition) is 3. The van der Waals surface area contributed by atoms with E-state index in [9.17, 15) is 0 Å². The molecule has 1 N–H and O–H groups in total. The van der Waals surface area contributed by atoms with Gasteiger partial charge in [0.05, 0.1) is 12.4 Å². The Kier molecular flexibility index (Phi) is 4.62. The first kappa shape index (κ1) is 16.3. The van der Waals surface area contributed by atoms with Crippen LogP contribution < -0.4 is 5.32 Å². The Morgan fingerprint density at radius 2 is 1.77 bits per heavy atom. The third-order valence-electron chi connectivity index (χ3n) is 4.50. The lowest BCUT2D eigenvalue weighted by Crippen LogP contribution is -2.24. The first-order chi connectivity index (χ1) is 12.8. The predicted octanol–water partition coefficient (Wildman–Crippen LogP) is 3.49. The molecule has 2 aromatic carbocycles. The van der Waals surface area contributed by atoms with Crippen molar-refractivity contribution in [3.63, 3.8) is 0 Å². The second-order valence-corrected chi connectivity index (χ2v) is 6.26. The van der Waals surface area contributed by atoms with Crippen LogP contribution in [0.15, 0.2) is 85.7 Å². The molecule has 0 aliphatic carbocycles. The van der Waals surface area contributed by atoms with Gasteiger partial charge in [-0.2, -0.15) is 0 Å². The molecule has 0 unspecified atom stereocenters. The second kappa shape index (κ2) is 7.37. The van der Waals surface area contributed by atoms with E-state index in [1.165, 1.54) is 11.1 Å². The van der Waals surface area contributed by atoms with E-state index >= 15 is 0 Å². The van der Waals surface area contributed by atoms with Crippen LogP contribution in [-0.4, -0.2) is 19.1 Å². The summed E-state index contributed by atoms with van der Waals surface area (Å²) >= 11 is 0. The molecular formula is C21H21N5. The summed E-state index contributed by atoms with van der Waals surface area (Å²) in [6.07, 6.45) is 9.35. The Balaban J connectivity index is 1.53. The highest BCUT2D eigenvalue weighted by atomic mass is 15.1. The first-order valence-corrected chi connectivity index (χ1v) is 8.64. The van der Waals surface area contributed by atoms with E-state index < -0.39 is 0 Å². The molecule has 0 aliphatic rings. The van der Waals surface area contributed by atoms with Gasteiger partial charge in [0, 0.05) is 44.1 Å². The van der Waals surface area contributed by atoms with Gasteiger partial charge in [-0.05, 0) is 23.3 Å². The molecular weight excluding hydrogens is 322 g/mol. The SMILES string of the molecule is Cn1ccnc1[C@@H](NCc1ccc(-n2ccnc2)cc1)c1ccccc1. The van der Waals surface area contributed by atoms with Gasteiger partial charge in [0.25, 0.3) is 0 Å². The lowest BCUT2D eigenvalue weighted by molar-refractivity contribution is 0.558. The standard InChI is InChI=1S/C21H21N5/c1-25-13-12-23-21(25)20(18-5-3-2-4-6-18)24-15-17-7-9-19(10-8-17)26-14-11-22-16-26/h2-14,16,20,24H,15H2,1H3/t20-/m0/s1. The normalized spacial score (nSPS) is 12.2. The zero-order chi connectivity index (χ0) is 17.8. The van der Waals surface area contributed by atoms with Gasteiger partial charge in [-0.1, -0.05) is 42.5 Å². The fourth-order valence-corrected chi connectivity index (χ4v) is 3.08. The number of nitrogens with one attached hydrogen (secondary N) is 1. The van der Waals surface area contributed by atoms with Gasteiger partial charge < -0.3 is 9.13 Å². The van der Waals surface area contributed by atoms with Crippen LogP contribution in [0.25, 0.3) is 5.69 Å². The topological polar surface area (TPSA) is 47.7 Å². The number of rotatable bonds is 6. The molecule has 1 atom stereocenters. The van der Waals surface area contributed by atoms with Gasteiger partial charge in [-0.3, -0.25) is 5.32 Å². The molecule has 0 saturated carbocycles. The average Bonchev–Trinajstić information content (AvgIpc) is 3.36. The Morgan fingerprint density at radius 3 is 2.42 bits per heavy atom. The van der Waals surface area contributed by atoms with Gasteiger partial charge in [-0.15, -0.1) is 0 Å².